The predicted molar refractivity (Wildman–Crippen MR) is 122 cm³/mol. The minimum absolute atomic E-state index is 0.117. The maximum absolute atomic E-state index is 13.3. The maximum atomic E-state index is 13.3. The van der Waals surface area contributed by atoms with Gasteiger partial charge in [0.15, 0.2) is 0 Å². The smallest absolute Gasteiger partial charge is 0.381 e. The summed E-state index contributed by atoms with van der Waals surface area (Å²) >= 11 is 0. The number of ether oxygens (including phenoxy) is 1. The highest BCUT2D eigenvalue weighted by Gasteiger charge is 2.43. The van der Waals surface area contributed by atoms with Crippen LogP contribution in [0.1, 0.15) is 43.4 Å². The zero-order valence-electron chi connectivity index (χ0n) is 19.2. The van der Waals surface area contributed by atoms with Crippen molar-refractivity contribution in [1.29, 1.82) is 0 Å². The molecule has 186 valence electrons. The van der Waals surface area contributed by atoms with E-state index in [0.29, 0.717) is 24.2 Å². The van der Waals surface area contributed by atoms with Crippen molar-refractivity contribution in [2.75, 3.05) is 26.3 Å². The van der Waals surface area contributed by atoms with E-state index in [0.717, 1.165) is 12.1 Å². The lowest BCUT2D eigenvalue weighted by Gasteiger charge is -2.36. The van der Waals surface area contributed by atoms with Crippen LogP contribution in [0, 0.1) is 0 Å². The summed E-state index contributed by atoms with van der Waals surface area (Å²) < 4.78 is 71.8. The molecule has 0 aliphatic carbocycles. The molecule has 0 atom stereocenters. The first-order valence-corrected chi connectivity index (χ1v) is 12.6. The van der Waals surface area contributed by atoms with Gasteiger partial charge in [0.2, 0.25) is 15.9 Å². The second-order valence-electron chi connectivity index (χ2n) is 8.19. The summed E-state index contributed by atoms with van der Waals surface area (Å²) in [6, 6.07) is 11.1. The van der Waals surface area contributed by atoms with Crippen molar-refractivity contribution < 1.29 is 31.1 Å². The van der Waals surface area contributed by atoms with Gasteiger partial charge < -0.3 is 10.1 Å². The molecule has 0 unspecified atom stereocenters. The molecule has 1 aliphatic heterocycles. The molecule has 34 heavy (non-hydrogen) atoms. The molecular formula is C24H29F3N2O4S. The third kappa shape index (κ3) is 5.45. The van der Waals surface area contributed by atoms with Crippen molar-refractivity contribution in [2.45, 2.75) is 49.7 Å². The van der Waals surface area contributed by atoms with E-state index in [2.05, 4.69) is 5.32 Å². The number of benzene rings is 2. The fraction of sp³-hybridized carbons (Fsp3) is 0.458. The molecule has 0 radical (unpaired) electrons. The lowest BCUT2D eigenvalue weighted by molar-refractivity contribution is -0.138. The number of nitrogens with one attached hydrogen (secondary N) is 1. The SMILES string of the molecule is CCN(CC)S(=O)(=O)c1ccc(CNC(=O)C2(c3cccc(C(F)(F)F)c3)CCOCC2)cc1. The normalized spacial score (nSPS) is 16.4. The fourth-order valence-corrected chi connectivity index (χ4v) is 5.66. The van der Waals surface area contributed by atoms with Crippen LogP contribution in [0.25, 0.3) is 0 Å². The van der Waals surface area contributed by atoms with E-state index in [1.165, 1.54) is 22.5 Å². The van der Waals surface area contributed by atoms with Crippen LogP contribution in [0.15, 0.2) is 53.4 Å². The Hall–Kier alpha value is -2.43. The Morgan fingerprint density at radius 2 is 1.68 bits per heavy atom. The Morgan fingerprint density at radius 3 is 2.24 bits per heavy atom. The molecule has 0 saturated carbocycles. The molecule has 10 heteroatoms. The summed E-state index contributed by atoms with van der Waals surface area (Å²) in [5.74, 6) is -0.380. The van der Waals surface area contributed by atoms with Gasteiger partial charge in [-0.05, 0) is 42.2 Å². The Balaban J connectivity index is 1.79. The van der Waals surface area contributed by atoms with Crippen LogP contribution in [0.4, 0.5) is 13.2 Å². The van der Waals surface area contributed by atoms with E-state index < -0.39 is 27.2 Å². The molecule has 2 aromatic carbocycles. The zero-order chi connectivity index (χ0) is 25.0. The van der Waals surface area contributed by atoms with E-state index in [-0.39, 0.29) is 43.4 Å². The largest absolute Gasteiger partial charge is 0.416 e. The zero-order valence-corrected chi connectivity index (χ0v) is 20.0. The van der Waals surface area contributed by atoms with Gasteiger partial charge in [0, 0.05) is 32.8 Å². The second kappa shape index (κ2) is 10.5. The molecular weight excluding hydrogens is 469 g/mol. The first kappa shape index (κ1) is 26.2. The van der Waals surface area contributed by atoms with Crippen molar-refractivity contribution in [1.82, 2.24) is 9.62 Å². The van der Waals surface area contributed by atoms with Gasteiger partial charge in [0.25, 0.3) is 0 Å². The molecule has 1 fully saturated rings. The second-order valence-corrected chi connectivity index (χ2v) is 10.1. The van der Waals surface area contributed by atoms with Crippen LogP contribution in [-0.2, 0) is 37.7 Å². The van der Waals surface area contributed by atoms with Gasteiger partial charge in [-0.15, -0.1) is 0 Å². The van der Waals surface area contributed by atoms with Crippen LogP contribution in [0.2, 0.25) is 0 Å². The molecule has 3 rings (SSSR count). The van der Waals surface area contributed by atoms with Crippen LogP contribution >= 0.6 is 0 Å². The van der Waals surface area contributed by atoms with Gasteiger partial charge in [0.05, 0.1) is 15.9 Å². The number of sulfonamides is 1. The molecule has 1 saturated heterocycles. The van der Waals surface area contributed by atoms with Crippen molar-refractivity contribution in [3.05, 3.63) is 65.2 Å². The fourth-order valence-electron chi connectivity index (χ4n) is 4.20. The summed E-state index contributed by atoms with van der Waals surface area (Å²) in [5.41, 5.74) is -0.943. The monoisotopic (exact) mass is 498 g/mol. The van der Waals surface area contributed by atoms with Gasteiger partial charge in [0.1, 0.15) is 0 Å². The molecule has 6 nitrogen and oxygen atoms in total. The highest BCUT2D eigenvalue weighted by atomic mass is 32.2. The van der Waals surface area contributed by atoms with Gasteiger partial charge in [-0.1, -0.05) is 44.2 Å². The van der Waals surface area contributed by atoms with Crippen LogP contribution in [0.5, 0.6) is 0 Å². The van der Waals surface area contributed by atoms with E-state index >= 15 is 0 Å². The molecule has 1 N–H and O–H groups in total. The number of carbonyl (C=O) groups excluding carboxylic acids is 1. The van der Waals surface area contributed by atoms with Crippen molar-refractivity contribution >= 4 is 15.9 Å². The van der Waals surface area contributed by atoms with E-state index in [1.54, 1.807) is 32.0 Å². The van der Waals surface area contributed by atoms with Crippen LogP contribution in [0.3, 0.4) is 0 Å². The minimum atomic E-state index is -4.51. The number of nitrogens with zero attached hydrogens (tertiary/aromatic N) is 1. The maximum Gasteiger partial charge on any atom is 0.416 e. The molecule has 0 bridgehead atoms. The number of hydrogen-bond donors (Lipinski definition) is 1. The number of rotatable bonds is 8. The van der Waals surface area contributed by atoms with Gasteiger partial charge in [-0.3, -0.25) is 4.79 Å². The molecule has 2 aromatic rings. The molecule has 1 amide bonds. The van der Waals surface area contributed by atoms with E-state index in [9.17, 15) is 26.4 Å². The van der Waals surface area contributed by atoms with E-state index in [1.807, 2.05) is 0 Å². The van der Waals surface area contributed by atoms with Crippen LogP contribution < -0.4 is 5.32 Å². The van der Waals surface area contributed by atoms with Gasteiger partial charge in [-0.25, -0.2) is 8.42 Å². The number of carbonyl (C=O) groups is 1. The highest BCUT2D eigenvalue weighted by molar-refractivity contribution is 7.89. The van der Waals surface area contributed by atoms with Crippen LogP contribution in [-0.4, -0.2) is 44.9 Å². The van der Waals surface area contributed by atoms with Gasteiger partial charge >= 0.3 is 6.18 Å². The number of hydrogen-bond acceptors (Lipinski definition) is 4. The Labute approximate surface area is 198 Å². The first-order valence-electron chi connectivity index (χ1n) is 11.2. The lowest BCUT2D eigenvalue weighted by Crippen LogP contribution is -2.47. The average Bonchev–Trinajstić information content (AvgIpc) is 2.83. The average molecular weight is 499 g/mol. The van der Waals surface area contributed by atoms with Crippen molar-refractivity contribution in [3.8, 4) is 0 Å². The topological polar surface area (TPSA) is 75.7 Å². The predicted octanol–water partition coefficient (Wildman–Crippen LogP) is 4.10. The van der Waals surface area contributed by atoms with Crippen molar-refractivity contribution in [3.63, 3.8) is 0 Å². The lowest BCUT2D eigenvalue weighted by atomic mass is 9.73. The first-order chi connectivity index (χ1) is 16.0. The van der Waals surface area contributed by atoms with Crippen molar-refractivity contribution in [2.24, 2.45) is 0 Å². The third-order valence-corrected chi connectivity index (χ3v) is 8.31. The Kier molecular flexibility index (Phi) is 8.05. The number of alkyl halides is 3. The standard InChI is InChI=1S/C24H29F3N2O4S/c1-3-29(4-2)34(31,32)21-10-8-18(9-11-21)17-28-22(30)23(12-14-33-15-13-23)19-6-5-7-20(16-19)24(25,26)27/h5-11,16H,3-4,12-15,17H2,1-2H3,(H,28,30). The Morgan fingerprint density at radius 1 is 1.06 bits per heavy atom. The summed E-state index contributed by atoms with van der Waals surface area (Å²) in [6.07, 6.45) is -3.98. The summed E-state index contributed by atoms with van der Waals surface area (Å²) in [5, 5.41) is 2.83. The summed E-state index contributed by atoms with van der Waals surface area (Å²) in [6.45, 7) is 4.90. The Bertz CT molecular complexity index is 1090. The third-order valence-electron chi connectivity index (χ3n) is 6.24. The highest BCUT2D eigenvalue weighted by Crippen LogP contribution is 2.38. The molecule has 1 aliphatic rings. The minimum Gasteiger partial charge on any atom is -0.381 e. The van der Waals surface area contributed by atoms with Gasteiger partial charge in [-0.2, -0.15) is 17.5 Å². The van der Waals surface area contributed by atoms with E-state index in [4.69, 9.17) is 4.74 Å². The molecule has 0 aromatic heterocycles. The number of amides is 1. The number of halogens is 3. The molecule has 1 heterocycles. The quantitative estimate of drug-likeness (QED) is 0.595. The summed E-state index contributed by atoms with van der Waals surface area (Å²) in [4.78, 5) is 13.5. The molecule has 0 spiro atoms. The summed E-state index contributed by atoms with van der Waals surface area (Å²) in [7, 11) is -3.59.